The zero-order valence-corrected chi connectivity index (χ0v) is 41.1. The molecule has 0 fully saturated rings. The summed E-state index contributed by atoms with van der Waals surface area (Å²) in [6.45, 7) is 0. The molecule has 11 aromatic carbocycles. The van der Waals surface area contributed by atoms with Crippen LogP contribution in [-0.2, 0) is 0 Å². The van der Waals surface area contributed by atoms with Crippen LogP contribution in [0.5, 0.6) is 0 Å². The van der Waals surface area contributed by atoms with E-state index >= 15 is 0 Å². The Morgan fingerprint density at radius 1 is 0.237 bits per heavy atom. The van der Waals surface area contributed by atoms with E-state index in [0.717, 1.165) is 127 Å². The number of hydrogen-bond donors (Lipinski definition) is 0. The van der Waals surface area contributed by atoms with Gasteiger partial charge in [-0.3, -0.25) is 0 Å². The third kappa shape index (κ3) is 6.16. The highest BCUT2D eigenvalue weighted by Crippen LogP contribution is 2.49. The Bertz CT molecular complexity index is 4660. The molecule has 0 spiro atoms. The Morgan fingerprint density at radius 2 is 0.526 bits per heavy atom. The summed E-state index contributed by atoms with van der Waals surface area (Å²) in [7, 11) is 0. The molecule has 5 aromatic heterocycles. The van der Waals surface area contributed by atoms with Crippen molar-refractivity contribution in [1.29, 1.82) is 0 Å². The van der Waals surface area contributed by atoms with Crippen molar-refractivity contribution in [2.24, 2.45) is 0 Å². The number of fused-ring (bicyclic) bond motifs is 14. The minimum Gasteiger partial charge on any atom is -0.307 e. The van der Waals surface area contributed by atoms with Crippen LogP contribution >= 0.6 is 0 Å². The topological polar surface area (TPSA) is 45.5 Å². The Kier molecular flexibility index (Phi) is 9.23. The lowest BCUT2D eigenvalue weighted by Gasteiger charge is -2.16. The van der Waals surface area contributed by atoms with E-state index in [9.17, 15) is 0 Å². The van der Waals surface area contributed by atoms with Gasteiger partial charge >= 0.3 is 0 Å². The number of rotatable bonds is 7. The van der Waals surface area contributed by atoms with Gasteiger partial charge < -0.3 is 18.3 Å². The van der Waals surface area contributed by atoms with Crippen LogP contribution in [0.2, 0.25) is 0 Å². The van der Waals surface area contributed by atoms with Crippen LogP contribution < -0.4 is 0 Å². The van der Waals surface area contributed by atoms with Gasteiger partial charge in [0.25, 0.3) is 0 Å². The minimum absolute atomic E-state index is 0.659. The van der Waals surface area contributed by atoms with Gasteiger partial charge in [0, 0.05) is 82.5 Å². The number of aromatic nitrogens is 6. The van der Waals surface area contributed by atoms with E-state index in [1.807, 2.05) is 0 Å². The normalized spacial score (nSPS) is 11.9. The summed E-state index contributed by atoms with van der Waals surface area (Å²) in [6, 6.07) is 96.1. The lowest BCUT2D eigenvalue weighted by Crippen LogP contribution is -2.00. The fraction of sp³-hybridized carbons (Fsp3) is 0. The Labute approximate surface area is 436 Å². The average molecular weight is 969 g/mol. The Hall–Kier alpha value is -10.3. The molecule has 0 atom stereocenters. The summed E-state index contributed by atoms with van der Waals surface area (Å²) in [4.78, 5) is 11.4. The lowest BCUT2D eigenvalue weighted by atomic mass is 9.96. The van der Waals surface area contributed by atoms with Gasteiger partial charge in [-0.2, -0.15) is 0 Å². The highest BCUT2D eigenvalue weighted by atomic mass is 15.1. The molecule has 16 rings (SSSR count). The van der Waals surface area contributed by atoms with Gasteiger partial charge in [-0.05, 0) is 91.0 Å². The zero-order chi connectivity index (χ0) is 49.8. The first kappa shape index (κ1) is 42.2. The number of benzene rings is 11. The second kappa shape index (κ2) is 16.6. The first-order valence-electron chi connectivity index (χ1n) is 25.9. The molecule has 6 heteroatoms. The molecule has 0 amide bonds. The maximum atomic E-state index is 5.70. The van der Waals surface area contributed by atoms with Gasteiger partial charge in [-0.1, -0.05) is 176 Å². The standard InChI is InChI=1S/C70H44N6/c1-6-24-45(25-7-1)70-71-58(56-42-54-50-34-16-20-38-60(50)73(46-26-8-2-9-27-46)66(54)68-64(56)52-36-18-22-40-62(52)75(68)48-30-12-4-13-31-48)44-59(72-70)57-43-55-51-35-17-21-39-61(51)74(47-28-10-3-11-29-47)67(55)69-65(57)53-37-19-23-41-63(53)76(69)49-32-14-5-15-33-49/h1-44H. The van der Waals surface area contributed by atoms with Crippen molar-refractivity contribution in [2.75, 3.05) is 0 Å². The maximum absolute atomic E-state index is 5.70. The van der Waals surface area contributed by atoms with E-state index in [0.29, 0.717) is 5.82 Å². The van der Waals surface area contributed by atoms with Crippen LogP contribution in [0, 0.1) is 0 Å². The van der Waals surface area contributed by atoms with Crippen LogP contribution in [0.15, 0.2) is 267 Å². The van der Waals surface area contributed by atoms with Crippen molar-refractivity contribution in [3.63, 3.8) is 0 Å². The van der Waals surface area contributed by atoms with E-state index in [1.54, 1.807) is 0 Å². The molecular formula is C70H44N6. The van der Waals surface area contributed by atoms with Crippen molar-refractivity contribution in [3.8, 4) is 56.7 Å². The van der Waals surface area contributed by atoms with Gasteiger partial charge in [-0.25, -0.2) is 9.97 Å². The van der Waals surface area contributed by atoms with Crippen molar-refractivity contribution >= 4 is 87.2 Å². The SMILES string of the molecule is c1ccc(-c2nc(-c3cc4c5ccccc5n(-c5ccccc5)c4c4c3c3ccccc3n4-c3ccccc3)cc(-c3cc4c5ccccc5n(-c5ccccc5)c4c4c3c3ccccc3n4-c3ccccc3)n2)cc1. The second-order valence-electron chi connectivity index (χ2n) is 19.7. The average Bonchev–Trinajstić information content (AvgIpc) is 4.35. The first-order valence-corrected chi connectivity index (χ1v) is 25.9. The molecule has 0 unspecified atom stereocenters. The fourth-order valence-corrected chi connectivity index (χ4v) is 12.4. The molecule has 5 heterocycles. The quantitative estimate of drug-likeness (QED) is 0.160. The van der Waals surface area contributed by atoms with E-state index < -0.39 is 0 Å². The second-order valence-corrected chi connectivity index (χ2v) is 19.7. The van der Waals surface area contributed by atoms with Crippen LogP contribution in [0.1, 0.15) is 0 Å². The van der Waals surface area contributed by atoms with Crippen LogP contribution in [-0.4, -0.2) is 28.2 Å². The van der Waals surface area contributed by atoms with Crippen molar-refractivity contribution in [2.45, 2.75) is 0 Å². The summed E-state index contributed by atoms with van der Waals surface area (Å²) in [5.74, 6) is 0.659. The molecule has 0 aliphatic rings. The highest BCUT2D eigenvalue weighted by Gasteiger charge is 2.28. The summed E-state index contributed by atoms with van der Waals surface area (Å²) in [5, 5.41) is 9.18. The van der Waals surface area contributed by atoms with Gasteiger partial charge in [0.2, 0.25) is 0 Å². The maximum Gasteiger partial charge on any atom is 0.160 e. The van der Waals surface area contributed by atoms with Crippen molar-refractivity contribution in [1.82, 2.24) is 28.2 Å². The summed E-state index contributed by atoms with van der Waals surface area (Å²) in [5.41, 5.74) is 18.1. The van der Waals surface area contributed by atoms with Crippen molar-refractivity contribution < 1.29 is 0 Å². The van der Waals surface area contributed by atoms with Gasteiger partial charge in [0.1, 0.15) is 0 Å². The molecule has 76 heavy (non-hydrogen) atoms. The first-order chi connectivity index (χ1) is 37.8. The summed E-state index contributed by atoms with van der Waals surface area (Å²) >= 11 is 0. The van der Waals surface area contributed by atoms with Crippen LogP contribution in [0.25, 0.3) is 144 Å². The van der Waals surface area contributed by atoms with Crippen molar-refractivity contribution in [3.05, 3.63) is 267 Å². The lowest BCUT2D eigenvalue weighted by molar-refractivity contribution is 1.15. The molecular weight excluding hydrogens is 925 g/mol. The number of para-hydroxylation sites is 8. The molecule has 0 aliphatic carbocycles. The molecule has 16 aromatic rings. The number of hydrogen-bond acceptors (Lipinski definition) is 2. The van der Waals surface area contributed by atoms with Gasteiger partial charge in [-0.15, -0.1) is 0 Å². The minimum atomic E-state index is 0.659. The highest BCUT2D eigenvalue weighted by molar-refractivity contribution is 6.30. The summed E-state index contributed by atoms with van der Waals surface area (Å²) in [6.07, 6.45) is 0. The molecule has 6 nitrogen and oxygen atoms in total. The van der Waals surface area contributed by atoms with E-state index in [1.165, 1.54) is 10.8 Å². The largest absolute Gasteiger partial charge is 0.307 e. The predicted octanol–water partition coefficient (Wildman–Crippen LogP) is 17.9. The van der Waals surface area contributed by atoms with E-state index in [-0.39, 0.29) is 0 Å². The third-order valence-electron chi connectivity index (χ3n) is 15.5. The molecule has 354 valence electrons. The Balaban J connectivity index is 1.10. The molecule has 0 aliphatic heterocycles. The fourth-order valence-electron chi connectivity index (χ4n) is 12.4. The zero-order valence-electron chi connectivity index (χ0n) is 41.1. The van der Waals surface area contributed by atoms with E-state index in [4.69, 9.17) is 9.97 Å². The van der Waals surface area contributed by atoms with Crippen LogP contribution in [0.4, 0.5) is 0 Å². The predicted molar refractivity (Wildman–Crippen MR) is 316 cm³/mol. The Morgan fingerprint density at radius 3 is 0.895 bits per heavy atom. The molecule has 0 bridgehead atoms. The number of nitrogens with zero attached hydrogens (tertiary/aromatic N) is 6. The molecule has 0 saturated heterocycles. The monoisotopic (exact) mass is 968 g/mol. The van der Waals surface area contributed by atoms with Gasteiger partial charge in [0.15, 0.2) is 5.82 Å². The summed E-state index contributed by atoms with van der Waals surface area (Å²) < 4.78 is 9.84. The molecule has 0 saturated carbocycles. The molecule has 0 N–H and O–H groups in total. The van der Waals surface area contributed by atoms with Gasteiger partial charge in [0.05, 0.1) is 55.5 Å². The third-order valence-corrected chi connectivity index (χ3v) is 15.5. The van der Waals surface area contributed by atoms with E-state index in [2.05, 4.69) is 285 Å². The molecule has 0 radical (unpaired) electrons. The van der Waals surface area contributed by atoms with Crippen LogP contribution in [0.3, 0.4) is 0 Å². The smallest absolute Gasteiger partial charge is 0.160 e.